The molecular weight excluding hydrogens is 418 g/mol. The summed E-state index contributed by atoms with van der Waals surface area (Å²) in [6.45, 7) is 0.241. The number of methoxy groups -OCH3 is 2. The first-order chi connectivity index (χ1) is 15.7. The highest BCUT2D eigenvalue weighted by molar-refractivity contribution is 5.84. The molecule has 2 aromatic rings. The largest absolute Gasteiger partial charge is 0.438 e. The third-order valence-corrected chi connectivity index (χ3v) is 5.23. The van der Waals surface area contributed by atoms with Crippen molar-refractivity contribution in [3.63, 3.8) is 0 Å². The molecule has 0 aromatic heterocycles. The first-order valence-electron chi connectivity index (χ1n) is 10.3. The van der Waals surface area contributed by atoms with Crippen molar-refractivity contribution in [3.8, 4) is 0 Å². The Kier molecular flexibility index (Phi) is 7.69. The maximum absolute atomic E-state index is 12.6. The van der Waals surface area contributed by atoms with Gasteiger partial charge in [0, 0.05) is 25.5 Å². The number of nitrogens with one attached hydrogen (secondary N) is 1. The van der Waals surface area contributed by atoms with Crippen LogP contribution in [-0.4, -0.2) is 64.4 Å². The maximum Gasteiger partial charge on any atom is 0.412 e. The summed E-state index contributed by atoms with van der Waals surface area (Å²) in [5.74, 6) is 0. The molecule has 0 saturated carbocycles. The van der Waals surface area contributed by atoms with E-state index in [2.05, 4.69) is 5.32 Å². The zero-order valence-electron chi connectivity index (χ0n) is 17.9. The van der Waals surface area contributed by atoms with Gasteiger partial charge in [-0.3, -0.25) is 5.32 Å². The Labute approximate surface area is 186 Å². The molecule has 2 fully saturated rings. The van der Waals surface area contributed by atoms with Gasteiger partial charge in [-0.2, -0.15) is 0 Å². The molecule has 9 heteroatoms. The normalized spacial score (nSPS) is 29.7. The minimum Gasteiger partial charge on any atom is -0.438 e. The third kappa shape index (κ3) is 5.26. The van der Waals surface area contributed by atoms with E-state index in [9.17, 15) is 4.79 Å². The molecule has 2 saturated heterocycles. The van der Waals surface area contributed by atoms with Crippen LogP contribution in [0.4, 0.5) is 10.5 Å². The highest BCUT2D eigenvalue weighted by Crippen LogP contribution is 2.36. The van der Waals surface area contributed by atoms with Crippen molar-refractivity contribution < 1.29 is 38.0 Å². The van der Waals surface area contributed by atoms with Gasteiger partial charge >= 0.3 is 6.09 Å². The summed E-state index contributed by atoms with van der Waals surface area (Å²) in [7, 11) is 2.99. The lowest BCUT2D eigenvalue weighted by molar-refractivity contribution is -0.365. The fraction of sp³-hybridized carbons (Fsp3) is 0.435. The third-order valence-electron chi connectivity index (χ3n) is 5.23. The summed E-state index contributed by atoms with van der Waals surface area (Å²) in [6, 6.07) is 18.6. The highest BCUT2D eigenvalue weighted by atomic mass is 16.8. The molecule has 0 spiro atoms. The van der Waals surface area contributed by atoms with E-state index < -0.39 is 43.1 Å². The standard InChI is InChI=1S/C23H27NO8/c1-26-14-29-19-18-17(13-28-21(31-18)15-9-5-3-6-10-15)30-22(27-2)20(19)32-23(25)24-16-11-7-4-8-12-16/h3-12,17-22H,13-14H2,1-2H3,(H,24,25)/t17-,18-,19+,20-,21?,22+/m1/s1. The summed E-state index contributed by atoms with van der Waals surface area (Å²) in [5, 5.41) is 2.69. The molecule has 1 amide bonds. The van der Waals surface area contributed by atoms with Crippen molar-refractivity contribution in [1.29, 1.82) is 0 Å². The Morgan fingerprint density at radius 2 is 1.72 bits per heavy atom. The van der Waals surface area contributed by atoms with Gasteiger partial charge in [0.25, 0.3) is 0 Å². The number of carbonyl (C=O) groups excluding carboxylic acids is 1. The average molecular weight is 445 g/mol. The fourth-order valence-electron chi connectivity index (χ4n) is 3.77. The monoisotopic (exact) mass is 445 g/mol. The number of hydrogen-bond acceptors (Lipinski definition) is 8. The van der Waals surface area contributed by atoms with Gasteiger partial charge in [0.15, 0.2) is 18.7 Å². The molecule has 2 heterocycles. The number of para-hydroxylation sites is 1. The summed E-state index contributed by atoms with van der Waals surface area (Å²) in [5.41, 5.74) is 1.46. The van der Waals surface area contributed by atoms with Crippen molar-refractivity contribution >= 4 is 11.8 Å². The van der Waals surface area contributed by atoms with Crippen LogP contribution >= 0.6 is 0 Å². The summed E-state index contributed by atoms with van der Waals surface area (Å²) in [4.78, 5) is 12.6. The smallest absolute Gasteiger partial charge is 0.412 e. The van der Waals surface area contributed by atoms with Crippen molar-refractivity contribution in [2.45, 2.75) is 37.0 Å². The van der Waals surface area contributed by atoms with Crippen molar-refractivity contribution in [1.82, 2.24) is 0 Å². The van der Waals surface area contributed by atoms with E-state index in [0.717, 1.165) is 5.56 Å². The second-order valence-corrected chi connectivity index (χ2v) is 7.35. The Balaban J connectivity index is 1.52. The summed E-state index contributed by atoms with van der Waals surface area (Å²) < 4.78 is 40.3. The lowest BCUT2D eigenvalue weighted by Crippen LogP contribution is -2.64. The van der Waals surface area contributed by atoms with Crippen molar-refractivity contribution in [2.24, 2.45) is 0 Å². The van der Waals surface area contributed by atoms with Crippen LogP contribution < -0.4 is 5.32 Å². The van der Waals surface area contributed by atoms with E-state index in [1.165, 1.54) is 14.2 Å². The predicted octanol–water partition coefficient (Wildman–Crippen LogP) is 3.08. The summed E-state index contributed by atoms with van der Waals surface area (Å²) >= 11 is 0. The van der Waals surface area contributed by atoms with Crippen LogP contribution in [-0.2, 0) is 33.2 Å². The number of fused-ring (bicyclic) bond motifs is 1. The first-order valence-corrected chi connectivity index (χ1v) is 10.3. The van der Waals surface area contributed by atoms with Gasteiger partial charge in [-0.05, 0) is 12.1 Å². The summed E-state index contributed by atoms with van der Waals surface area (Å²) in [6.07, 6.45) is -4.82. The van der Waals surface area contributed by atoms with Crippen LogP contribution in [0.3, 0.4) is 0 Å². The van der Waals surface area contributed by atoms with Gasteiger partial charge in [-0.1, -0.05) is 48.5 Å². The number of amides is 1. The predicted molar refractivity (Wildman–Crippen MR) is 113 cm³/mol. The van der Waals surface area contributed by atoms with E-state index in [1.54, 1.807) is 12.1 Å². The molecule has 1 N–H and O–H groups in total. The van der Waals surface area contributed by atoms with Gasteiger partial charge in [-0.15, -0.1) is 0 Å². The van der Waals surface area contributed by atoms with E-state index in [4.69, 9.17) is 33.2 Å². The number of ether oxygens (including phenoxy) is 7. The molecule has 2 aliphatic rings. The van der Waals surface area contributed by atoms with E-state index in [-0.39, 0.29) is 13.4 Å². The quantitative estimate of drug-likeness (QED) is 0.650. The Hall–Kier alpha value is -2.53. The topological polar surface area (TPSA) is 93.7 Å². The number of carbonyl (C=O) groups is 1. The molecule has 32 heavy (non-hydrogen) atoms. The van der Waals surface area contributed by atoms with Gasteiger partial charge in [0.1, 0.15) is 25.1 Å². The van der Waals surface area contributed by atoms with Crippen LogP contribution in [0.2, 0.25) is 0 Å². The first kappa shape index (κ1) is 22.7. The van der Waals surface area contributed by atoms with E-state index in [1.807, 2.05) is 48.5 Å². The molecule has 6 atom stereocenters. The number of benzene rings is 2. The van der Waals surface area contributed by atoms with E-state index >= 15 is 0 Å². The van der Waals surface area contributed by atoms with Gasteiger partial charge in [0.05, 0.1) is 6.61 Å². The van der Waals surface area contributed by atoms with Crippen LogP contribution in [0.1, 0.15) is 11.9 Å². The molecule has 172 valence electrons. The Morgan fingerprint density at radius 3 is 2.41 bits per heavy atom. The molecule has 0 radical (unpaired) electrons. The maximum atomic E-state index is 12.6. The fourth-order valence-corrected chi connectivity index (χ4v) is 3.77. The SMILES string of the molecule is COCO[C@@H]1[C@@H](OC(=O)Nc2ccccc2)[C@@H](OC)O[C@@H]2COC(c3ccccc3)O[C@@H]12. The lowest BCUT2D eigenvalue weighted by atomic mass is 9.97. The zero-order chi connectivity index (χ0) is 22.3. The lowest BCUT2D eigenvalue weighted by Gasteiger charge is -2.48. The molecule has 0 bridgehead atoms. The van der Waals surface area contributed by atoms with Gasteiger partial charge in [0.2, 0.25) is 0 Å². The van der Waals surface area contributed by atoms with Gasteiger partial charge < -0.3 is 33.2 Å². The molecule has 9 nitrogen and oxygen atoms in total. The second kappa shape index (κ2) is 10.9. The van der Waals surface area contributed by atoms with Crippen LogP contribution in [0.25, 0.3) is 0 Å². The van der Waals surface area contributed by atoms with Crippen LogP contribution in [0, 0.1) is 0 Å². The molecule has 2 aromatic carbocycles. The van der Waals surface area contributed by atoms with Crippen LogP contribution in [0.5, 0.6) is 0 Å². The molecule has 2 aliphatic heterocycles. The van der Waals surface area contributed by atoms with Gasteiger partial charge in [-0.25, -0.2) is 4.79 Å². The molecule has 0 aliphatic carbocycles. The van der Waals surface area contributed by atoms with Crippen LogP contribution in [0.15, 0.2) is 60.7 Å². The number of rotatable bonds is 7. The molecule has 1 unspecified atom stereocenters. The number of hydrogen-bond donors (Lipinski definition) is 1. The van der Waals surface area contributed by atoms with Crippen molar-refractivity contribution in [2.75, 3.05) is 32.9 Å². The van der Waals surface area contributed by atoms with E-state index in [0.29, 0.717) is 5.69 Å². The second-order valence-electron chi connectivity index (χ2n) is 7.35. The highest BCUT2D eigenvalue weighted by Gasteiger charge is 2.52. The zero-order valence-corrected chi connectivity index (χ0v) is 17.9. The Morgan fingerprint density at radius 1 is 1.00 bits per heavy atom. The minimum absolute atomic E-state index is 0.0231. The van der Waals surface area contributed by atoms with Crippen molar-refractivity contribution in [3.05, 3.63) is 66.2 Å². The Bertz CT molecular complexity index is 852. The average Bonchev–Trinajstić information content (AvgIpc) is 2.83. The molecular formula is C23H27NO8. The number of anilines is 1. The minimum atomic E-state index is -0.908. The molecule has 4 rings (SSSR count).